The topological polar surface area (TPSA) is 162 Å². The fourth-order valence-corrected chi connectivity index (χ4v) is 1.34. The number of unbranched alkanes of at least 4 members (excludes halogenated alkanes) is 1. The van der Waals surface area contributed by atoms with Gasteiger partial charge in [-0.05, 0) is 12.8 Å². The van der Waals surface area contributed by atoms with Crippen LogP contribution in [-0.2, 0) is 4.79 Å². The molecule has 0 fully saturated rings. The van der Waals surface area contributed by atoms with Crippen molar-refractivity contribution in [3.05, 3.63) is 16.3 Å². The Morgan fingerprint density at radius 3 is 2.79 bits per heavy atom. The van der Waals surface area contributed by atoms with Gasteiger partial charge in [0.05, 0.1) is 4.92 Å². The summed E-state index contributed by atoms with van der Waals surface area (Å²) < 4.78 is 0. The molecule has 0 unspecified atom stereocenters. The maximum atomic E-state index is 10.8. The van der Waals surface area contributed by atoms with E-state index in [0.29, 0.717) is 19.4 Å². The van der Waals surface area contributed by atoms with Crippen LogP contribution in [0.15, 0.2) is 6.20 Å². The van der Waals surface area contributed by atoms with E-state index in [1.807, 2.05) is 0 Å². The predicted molar refractivity (Wildman–Crippen MR) is 68.0 cm³/mol. The van der Waals surface area contributed by atoms with Crippen molar-refractivity contribution in [1.29, 1.82) is 0 Å². The van der Waals surface area contributed by atoms with Crippen LogP contribution in [0.5, 0.6) is 0 Å². The molecule has 10 nitrogen and oxygen atoms in total. The van der Waals surface area contributed by atoms with E-state index < -0.39 is 4.92 Å². The van der Waals surface area contributed by atoms with E-state index in [9.17, 15) is 14.9 Å². The summed E-state index contributed by atoms with van der Waals surface area (Å²) in [5.74, 6) is 4.91. The molecule has 0 saturated carbocycles. The zero-order valence-corrected chi connectivity index (χ0v) is 10.1. The van der Waals surface area contributed by atoms with Gasteiger partial charge in [0.1, 0.15) is 6.20 Å². The number of nitrogens with zero attached hydrogens (tertiary/aromatic N) is 3. The number of hydrazine groups is 1. The molecule has 0 aliphatic heterocycles. The van der Waals surface area contributed by atoms with E-state index in [2.05, 4.69) is 20.7 Å². The monoisotopic (exact) mass is 269 g/mol. The van der Waals surface area contributed by atoms with Gasteiger partial charge in [0.15, 0.2) is 0 Å². The van der Waals surface area contributed by atoms with Gasteiger partial charge in [-0.15, -0.1) is 0 Å². The van der Waals surface area contributed by atoms with Gasteiger partial charge in [-0.25, -0.2) is 10.8 Å². The molecule has 0 radical (unpaired) electrons. The summed E-state index contributed by atoms with van der Waals surface area (Å²) >= 11 is 0. The molecule has 1 heterocycles. The number of nitrogen functional groups attached to an aromatic ring is 1. The van der Waals surface area contributed by atoms with Crippen LogP contribution in [0, 0.1) is 10.1 Å². The number of carbonyl (C=O) groups excluding carboxylic acids is 1. The van der Waals surface area contributed by atoms with E-state index in [0.717, 1.165) is 6.20 Å². The zero-order chi connectivity index (χ0) is 14.3. The van der Waals surface area contributed by atoms with Crippen LogP contribution in [0.25, 0.3) is 0 Å². The van der Waals surface area contributed by atoms with Crippen molar-refractivity contribution in [1.82, 2.24) is 9.97 Å². The Kier molecular flexibility index (Phi) is 5.41. The van der Waals surface area contributed by atoms with E-state index in [-0.39, 0.29) is 29.8 Å². The summed E-state index contributed by atoms with van der Waals surface area (Å²) in [6.45, 7) is 0.426. The van der Waals surface area contributed by atoms with Crippen LogP contribution in [0.1, 0.15) is 19.3 Å². The van der Waals surface area contributed by atoms with Gasteiger partial charge in [-0.2, -0.15) is 4.98 Å². The van der Waals surface area contributed by atoms with Crippen LogP contribution >= 0.6 is 0 Å². The second-order valence-corrected chi connectivity index (χ2v) is 3.68. The molecule has 6 N–H and O–H groups in total. The lowest BCUT2D eigenvalue weighted by Crippen LogP contribution is -2.14. The number of nitrogens with one attached hydrogen (secondary N) is 2. The molecule has 1 aromatic heterocycles. The first-order chi connectivity index (χ1) is 9.04. The first-order valence-corrected chi connectivity index (χ1v) is 5.55. The molecule has 19 heavy (non-hydrogen) atoms. The lowest BCUT2D eigenvalue weighted by atomic mass is 10.2. The molecular weight excluding hydrogens is 254 g/mol. The Morgan fingerprint density at radius 1 is 1.47 bits per heavy atom. The van der Waals surface area contributed by atoms with E-state index in [4.69, 9.17) is 11.6 Å². The first-order valence-electron chi connectivity index (χ1n) is 5.55. The van der Waals surface area contributed by atoms with Crippen molar-refractivity contribution in [3.8, 4) is 0 Å². The lowest BCUT2D eigenvalue weighted by Gasteiger charge is -2.06. The van der Waals surface area contributed by atoms with E-state index in [1.165, 1.54) is 0 Å². The molecule has 10 heteroatoms. The van der Waals surface area contributed by atoms with Gasteiger partial charge in [0, 0.05) is 13.0 Å². The smallest absolute Gasteiger partial charge is 0.329 e. The van der Waals surface area contributed by atoms with Gasteiger partial charge in [0.2, 0.25) is 17.7 Å². The molecule has 0 aliphatic carbocycles. The molecule has 0 spiro atoms. The summed E-state index contributed by atoms with van der Waals surface area (Å²) in [5.41, 5.74) is 6.96. The number of amides is 1. The quantitative estimate of drug-likeness (QED) is 0.217. The van der Waals surface area contributed by atoms with Crippen LogP contribution in [0.2, 0.25) is 0 Å². The Hall–Kier alpha value is -2.49. The maximum absolute atomic E-state index is 10.8. The zero-order valence-electron chi connectivity index (χ0n) is 10.1. The number of hydrogen-bond donors (Lipinski definition) is 4. The molecule has 1 rings (SSSR count). The van der Waals surface area contributed by atoms with E-state index >= 15 is 0 Å². The number of anilines is 2. The van der Waals surface area contributed by atoms with Gasteiger partial charge in [-0.3, -0.25) is 20.3 Å². The first kappa shape index (κ1) is 14.6. The third-order valence-electron chi connectivity index (χ3n) is 2.24. The summed E-state index contributed by atoms with van der Waals surface area (Å²) in [4.78, 5) is 28.2. The van der Waals surface area contributed by atoms with Gasteiger partial charge in [0.25, 0.3) is 0 Å². The fraction of sp³-hybridized carbons (Fsp3) is 0.444. The summed E-state index contributed by atoms with van der Waals surface area (Å²) in [5, 5.41) is 13.6. The summed E-state index contributed by atoms with van der Waals surface area (Å²) in [6.07, 6.45) is 2.58. The highest BCUT2D eigenvalue weighted by Gasteiger charge is 2.16. The minimum Gasteiger partial charge on any atom is -0.370 e. The highest BCUT2D eigenvalue weighted by Crippen LogP contribution is 2.21. The second-order valence-electron chi connectivity index (χ2n) is 3.68. The van der Waals surface area contributed by atoms with Crippen molar-refractivity contribution in [2.45, 2.75) is 19.3 Å². The third-order valence-corrected chi connectivity index (χ3v) is 2.24. The Morgan fingerprint density at radius 2 is 2.21 bits per heavy atom. The van der Waals surface area contributed by atoms with E-state index in [1.54, 1.807) is 0 Å². The highest BCUT2D eigenvalue weighted by atomic mass is 16.6. The van der Waals surface area contributed by atoms with Crippen LogP contribution < -0.4 is 22.3 Å². The Labute approximate surface area is 108 Å². The van der Waals surface area contributed by atoms with Crippen molar-refractivity contribution >= 4 is 23.4 Å². The Bertz CT molecular complexity index is 465. The lowest BCUT2D eigenvalue weighted by molar-refractivity contribution is -0.384. The van der Waals surface area contributed by atoms with Crippen LogP contribution in [-0.4, -0.2) is 27.3 Å². The molecule has 0 bridgehead atoms. The summed E-state index contributed by atoms with van der Waals surface area (Å²) in [7, 11) is 0. The molecule has 0 saturated heterocycles. The average Bonchev–Trinajstić information content (AvgIpc) is 2.37. The third kappa shape index (κ3) is 4.71. The second kappa shape index (κ2) is 7.06. The number of nitro groups is 1. The van der Waals surface area contributed by atoms with Gasteiger partial charge < -0.3 is 11.1 Å². The Balaban J connectivity index is 2.59. The molecule has 0 aliphatic rings. The molecule has 0 aromatic carbocycles. The average molecular weight is 269 g/mol. The normalized spacial score (nSPS) is 9.95. The number of primary amides is 1. The maximum Gasteiger partial charge on any atom is 0.329 e. The summed E-state index contributed by atoms with van der Waals surface area (Å²) in [6, 6.07) is 0. The minimum absolute atomic E-state index is 0.0743. The number of nitrogens with two attached hydrogens (primary N) is 2. The van der Waals surface area contributed by atoms with Crippen LogP contribution in [0.4, 0.5) is 17.5 Å². The van der Waals surface area contributed by atoms with Gasteiger partial charge in [-0.1, -0.05) is 0 Å². The number of aromatic nitrogens is 2. The van der Waals surface area contributed by atoms with Crippen LogP contribution in [0.3, 0.4) is 0 Å². The predicted octanol–water partition coefficient (Wildman–Crippen LogP) is -0.262. The van der Waals surface area contributed by atoms with Crippen molar-refractivity contribution in [3.63, 3.8) is 0 Å². The molecule has 1 aromatic rings. The van der Waals surface area contributed by atoms with Gasteiger partial charge >= 0.3 is 5.69 Å². The fourth-order valence-electron chi connectivity index (χ4n) is 1.34. The minimum atomic E-state index is -0.591. The number of carbonyl (C=O) groups is 1. The highest BCUT2D eigenvalue weighted by molar-refractivity contribution is 5.73. The number of hydrogen-bond acceptors (Lipinski definition) is 8. The van der Waals surface area contributed by atoms with Crippen molar-refractivity contribution < 1.29 is 9.72 Å². The van der Waals surface area contributed by atoms with Crippen molar-refractivity contribution in [2.75, 3.05) is 17.3 Å². The van der Waals surface area contributed by atoms with Crippen molar-refractivity contribution in [2.24, 2.45) is 11.6 Å². The molecular formula is C9H15N7O3. The SMILES string of the molecule is NNc1ncc([N+](=O)[O-])c(NCCCCC(N)=O)n1. The largest absolute Gasteiger partial charge is 0.370 e. The molecule has 1 amide bonds. The molecule has 104 valence electrons. The molecule has 0 atom stereocenters. The number of rotatable bonds is 8. The standard InChI is InChI=1S/C9H15N7O3/c10-7(17)3-1-2-4-12-8-6(16(18)19)5-13-9(14-8)15-11/h5H,1-4,11H2,(H2,10,17)(H2,12,13,14,15).